The number of nitrogens with zero attached hydrogens (tertiary/aromatic N) is 1. The number of ether oxygens (including phenoxy) is 1. The number of carboxylic acids is 1. The fourth-order valence-corrected chi connectivity index (χ4v) is 2.77. The van der Waals surface area contributed by atoms with Crippen LogP contribution in [0.2, 0.25) is 0 Å². The molecular weight excluding hydrogens is 282 g/mol. The van der Waals surface area contributed by atoms with Gasteiger partial charge in [0.1, 0.15) is 6.61 Å². The van der Waals surface area contributed by atoms with E-state index in [-0.39, 0.29) is 18.4 Å². The first kappa shape index (κ1) is 16.5. The zero-order valence-electron chi connectivity index (χ0n) is 13.0. The molecule has 1 aromatic carbocycles. The zero-order valence-corrected chi connectivity index (χ0v) is 13.0. The van der Waals surface area contributed by atoms with Crippen LogP contribution in [0.1, 0.15) is 48.0 Å². The molecule has 0 aromatic heterocycles. The lowest BCUT2D eigenvalue weighted by molar-refractivity contribution is -0.137. The van der Waals surface area contributed by atoms with Crippen molar-refractivity contribution < 1.29 is 19.4 Å². The van der Waals surface area contributed by atoms with Crippen LogP contribution in [0.3, 0.4) is 0 Å². The van der Waals surface area contributed by atoms with Gasteiger partial charge in [-0.2, -0.15) is 0 Å². The zero-order chi connectivity index (χ0) is 15.9. The highest BCUT2D eigenvalue weighted by molar-refractivity contribution is 5.87. The second-order valence-electron chi connectivity index (χ2n) is 5.66. The maximum atomic E-state index is 12.1. The molecule has 0 spiro atoms. The minimum Gasteiger partial charge on any atom is -0.478 e. The molecule has 5 nitrogen and oxygen atoms in total. The van der Waals surface area contributed by atoms with Gasteiger partial charge < -0.3 is 14.7 Å². The second kappa shape index (κ2) is 7.94. The van der Waals surface area contributed by atoms with E-state index in [0.717, 1.165) is 31.4 Å². The molecule has 5 heteroatoms. The molecule has 1 N–H and O–H groups in total. The number of carboxylic acid groups (broad SMARTS) is 1. The van der Waals surface area contributed by atoms with Crippen LogP contribution in [-0.2, 0) is 9.53 Å². The summed E-state index contributed by atoms with van der Waals surface area (Å²) in [5.74, 6) is -0.605. The van der Waals surface area contributed by atoms with Gasteiger partial charge in [0.05, 0.1) is 5.56 Å². The van der Waals surface area contributed by atoms with Crippen LogP contribution in [0.4, 0.5) is 0 Å². The quantitative estimate of drug-likeness (QED) is 0.820. The fourth-order valence-electron chi connectivity index (χ4n) is 2.77. The van der Waals surface area contributed by atoms with Crippen molar-refractivity contribution in [1.82, 2.24) is 4.90 Å². The molecule has 1 heterocycles. The molecule has 120 valence electrons. The van der Waals surface area contributed by atoms with Gasteiger partial charge in [-0.25, -0.2) is 4.79 Å². The summed E-state index contributed by atoms with van der Waals surface area (Å²) in [7, 11) is 0. The first-order chi connectivity index (χ1) is 10.6. The lowest BCUT2D eigenvalue weighted by atomic mass is 9.90. The van der Waals surface area contributed by atoms with Gasteiger partial charge >= 0.3 is 5.97 Å². The Morgan fingerprint density at radius 2 is 2.05 bits per heavy atom. The molecule has 1 amide bonds. The van der Waals surface area contributed by atoms with E-state index in [1.165, 1.54) is 0 Å². The lowest BCUT2D eigenvalue weighted by Gasteiger charge is -2.33. The highest BCUT2D eigenvalue weighted by atomic mass is 16.5. The Morgan fingerprint density at radius 3 is 2.68 bits per heavy atom. The monoisotopic (exact) mass is 305 g/mol. The van der Waals surface area contributed by atoms with E-state index < -0.39 is 5.97 Å². The summed E-state index contributed by atoms with van der Waals surface area (Å²) in [6.45, 7) is 4.24. The molecule has 1 atom stereocenters. The summed E-state index contributed by atoms with van der Waals surface area (Å²) in [5.41, 5.74) is 1.39. The number of benzene rings is 1. The molecule has 22 heavy (non-hydrogen) atoms. The average molecular weight is 305 g/mol. The van der Waals surface area contributed by atoms with Crippen LogP contribution in [-0.4, -0.2) is 48.2 Å². The Kier molecular flexibility index (Phi) is 5.95. The lowest BCUT2D eigenvalue weighted by Crippen LogP contribution is -2.41. The topological polar surface area (TPSA) is 66.8 Å². The van der Waals surface area contributed by atoms with Gasteiger partial charge in [-0.15, -0.1) is 0 Å². The van der Waals surface area contributed by atoms with Crippen molar-refractivity contribution in [2.24, 2.45) is 0 Å². The maximum absolute atomic E-state index is 12.1. The Bertz CT molecular complexity index is 512. The van der Waals surface area contributed by atoms with E-state index in [1.807, 2.05) is 24.0 Å². The number of rotatable bonds is 6. The van der Waals surface area contributed by atoms with Crippen molar-refractivity contribution in [3.63, 3.8) is 0 Å². The third-order valence-electron chi connectivity index (χ3n) is 3.98. The van der Waals surface area contributed by atoms with E-state index in [2.05, 4.69) is 0 Å². The van der Waals surface area contributed by atoms with E-state index >= 15 is 0 Å². The molecule has 0 saturated carbocycles. The summed E-state index contributed by atoms with van der Waals surface area (Å²) in [4.78, 5) is 24.9. The number of piperidine rings is 1. The molecule has 1 aliphatic heterocycles. The van der Waals surface area contributed by atoms with E-state index in [0.29, 0.717) is 18.7 Å². The summed E-state index contributed by atoms with van der Waals surface area (Å²) in [6, 6.07) is 6.97. The average Bonchev–Trinajstić information content (AvgIpc) is 2.55. The predicted molar refractivity (Wildman–Crippen MR) is 83.1 cm³/mol. The second-order valence-corrected chi connectivity index (χ2v) is 5.66. The minimum absolute atomic E-state index is 0.0420. The highest BCUT2D eigenvalue weighted by Gasteiger charge is 2.24. The first-order valence-corrected chi connectivity index (χ1v) is 7.80. The number of aromatic carboxylic acids is 1. The van der Waals surface area contributed by atoms with Crippen molar-refractivity contribution in [3.05, 3.63) is 35.4 Å². The normalized spacial score (nSPS) is 18.2. The van der Waals surface area contributed by atoms with Gasteiger partial charge in [0, 0.05) is 25.6 Å². The largest absolute Gasteiger partial charge is 0.478 e. The Labute approximate surface area is 130 Å². The molecule has 0 bridgehead atoms. The number of amides is 1. The summed E-state index contributed by atoms with van der Waals surface area (Å²) in [6.07, 6.45) is 2.89. The van der Waals surface area contributed by atoms with Crippen LogP contribution in [0.15, 0.2) is 24.3 Å². The van der Waals surface area contributed by atoms with Crippen molar-refractivity contribution in [1.29, 1.82) is 0 Å². The van der Waals surface area contributed by atoms with Gasteiger partial charge in [0.15, 0.2) is 0 Å². The van der Waals surface area contributed by atoms with Crippen LogP contribution < -0.4 is 0 Å². The van der Waals surface area contributed by atoms with Gasteiger partial charge in [0.2, 0.25) is 5.91 Å². The number of hydrogen-bond donors (Lipinski definition) is 1. The van der Waals surface area contributed by atoms with Gasteiger partial charge in [0.25, 0.3) is 0 Å². The van der Waals surface area contributed by atoms with Crippen molar-refractivity contribution in [2.75, 3.05) is 26.3 Å². The summed E-state index contributed by atoms with van der Waals surface area (Å²) in [5, 5.41) is 8.94. The van der Waals surface area contributed by atoms with Crippen molar-refractivity contribution >= 4 is 11.9 Å². The number of carbonyl (C=O) groups is 2. The van der Waals surface area contributed by atoms with Crippen LogP contribution >= 0.6 is 0 Å². The van der Waals surface area contributed by atoms with E-state index in [9.17, 15) is 9.59 Å². The fraction of sp³-hybridized carbons (Fsp3) is 0.529. The van der Waals surface area contributed by atoms with E-state index in [1.54, 1.807) is 12.1 Å². The third kappa shape index (κ3) is 4.31. The standard InChI is InChI=1S/C17H23NO4/c1-2-10-22-12-16(19)18-9-3-4-15(11-18)13-5-7-14(8-6-13)17(20)21/h5-8,15H,2-4,9-12H2,1H3,(H,20,21)/t15-/m1/s1. The molecule has 1 saturated heterocycles. The molecule has 1 fully saturated rings. The van der Waals surface area contributed by atoms with Gasteiger partial charge in [-0.3, -0.25) is 4.79 Å². The summed E-state index contributed by atoms with van der Waals surface area (Å²) >= 11 is 0. The molecule has 1 aromatic rings. The van der Waals surface area contributed by atoms with E-state index in [4.69, 9.17) is 9.84 Å². The summed E-state index contributed by atoms with van der Waals surface area (Å²) < 4.78 is 5.32. The molecule has 0 aliphatic carbocycles. The molecule has 2 rings (SSSR count). The predicted octanol–water partition coefficient (Wildman–Crippen LogP) is 2.52. The van der Waals surface area contributed by atoms with Crippen molar-refractivity contribution in [2.45, 2.75) is 32.1 Å². The smallest absolute Gasteiger partial charge is 0.335 e. The van der Waals surface area contributed by atoms with Gasteiger partial charge in [-0.1, -0.05) is 19.1 Å². The number of carbonyl (C=O) groups excluding carboxylic acids is 1. The molecule has 1 aliphatic rings. The maximum Gasteiger partial charge on any atom is 0.335 e. The Balaban J connectivity index is 1.95. The molecular formula is C17H23NO4. The van der Waals surface area contributed by atoms with Crippen molar-refractivity contribution in [3.8, 4) is 0 Å². The van der Waals surface area contributed by atoms with Crippen LogP contribution in [0.25, 0.3) is 0 Å². The Morgan fingerprint density at radius 1 is 1.32 bits per heavy atom. The molecule has 0 unspecified atom stereocenters. The van der Waals surface area contributed by atoms with Crippen LogP contribution in [0, 0.1) is 0 Å². The minimum atomic E-state index is -0.917. The van der Waals surface area contributed by atoms with Crippen LogP contribution in [0.5, 0.6) is 0 Å². The number of hydrogen-bond acceptors (Lipinski definition) is 3. The van der Waals surface area contributed by atoms with Gasteiger partial charge in [-0.05, 0) is 37.0 Å². The Hall–Kier alpha value is -1.88. The SMILES string of the molecule is CCCOCC(=O)N1CCC[C@@H](c2ccc(C(=O)O)cc2)C1. The third-order valence-corrected chi connectivity index (χ3v) is 3.98. The molecule has 0 radical (unpaired) electrons. The number of likely N-dealkylation sites (tertiary alicyclic amines) is 1. The first-order valence-electron chi connectivity index (χ1n) is 7.80. The highest BCUT2D eigenvalue weighted by Crippen LogP contribution is 2.27.